The summed E-state index contributed by atoms with van der Waals surface area (Å²) in [7, 11) is 0. The largest absolute Gasteiger partial charge is 0.475 e. The van der Waals surface area contributed by atoms with Gasteiger partial charge in [-0.25, -0.2) is 0 Å². The molecule has 0 saturated carbocycles. The minimum atomic E-state index is 0.0166. The first-order valence-corrected chi connectivity index (χ1v) is 20.4. The molecular formula is C41H82O4. The maximum absolute atomic E-state index is 6.21. The van der Waals surface area contributed by atoms with Crippen molar-refractivity contribution in [2.24, 2.45) is 0 Å². The third kappa shape index (κ3) is 39.5. The fourth-order valence-corrected chi connectivity index (χ4v) is 5.84. The zero-order valence-corrected chi connectivity index (χ0v) is 31.1. The molecule has 0 fully saturated rings. The van der Waals surface area contributed by atoms with E-state index in [4.69, 9.17) is 18.9 Å². The fourth-order valence-electron chi connectivity index (χ4n) is 5.84. The Kier molecular flexibility index (Phi) is 40.9. The summed E-state index contributed by atoms with van der Waals surface area (Å²) in [5.41, 5.74) is 0. The highest BCUT2D eigenvalue weighted by Gasteiger charge is 2.09. The average molecular weight is 639 g/mol. The second kappa shape index (κ2) is 41.4. The van der Waals surface area contributed by atoms with Crippen LogP contribution in [0, 0.1) is 0 Å². The molecule has 0 aromatic heterocycles. The summed E-state index contributed by atoms with van der Waals surface area (Å²) >= 11 is 0. The van der Waals surface area contributed by atoms with Crippen LogP contribution in [0.3, 0.4) is 0 Å². The van der Waals surface area contributed by atoms with Gasteiger partial charge in [0.2, 0.25) is 0 Å². The molecule has 270 valence electrons. The van der Waals surface area contributed by atoms with Gasteiger partial charge in [-0.1, -0.05) is 175 Å². The van der Waals surface area contributed by atoms with Crippen LogP contribution in [0.1, 0.15) is 220 Å². The van der Waals surface area contributed by atoms with Gasteiger partial charge in [-0.05, 0) is 51.0 Å². The van der Waals surface area contributed by atoms with E-state index in [0.29, 0.717) is 6.79 Å². The first-order valence-electron chi connectivity index (χ1n) is 20.4. The normalized spacial score (nSPS) is 11.8. The van der Waals surface area contributed by atoms with Crippen LogP contribution in [0.25, 0.3) is 0 Å². The standard InChI is InChI=1S/C41H82O4/c1-4-7-10-13-16-23-26-31-36-42-40-43-37-32-27-24-21-19-17-18-20-22-25-30-35-41(44-38-33-28-14-11-8-5-2)45-39-34-29-15-12-9-6-3/h32,37,41H,4-31,33-36,38-40H2,1-3H3. The van der Waals surface area contributed by atoms with Crippen molar-refractivity contribution in [3.63, 3.8) is 0 Å². The molecule has 45 heavy (non-hydrogen) atoms. The van der Waals surface area contributed by atoms with Crippen LogP contribution in [0.2, 0.25) is 0 Å². The van der Waals surface area contributed by atoms with E-state index in [1.54, 1.807) is 0 Å². The van der Waals surface area contributed by atoms with Crippen molar-refractivity contribution < 1.29 is 18.9 Å². The summed E-state index contributed by atoms with van der Waals surface area (Å²) in [4.78, 5) is 0. The zero-order chi connectivity index (χ0) is 32.6. The number of allylic oxidation sites excluding steroid dienone is 1. The van der Waals surface area contributed by atoms with Crippen LogP contribution in [0.5, 0.6) is 0 Å². The minimum absolute atomic E-state index is 0.0166. The molecule has 0 N–H and O–H groups in total. The van der Waals surface area contributed by atoms with E-state index in [-0.39, 0.29) is 6.29 Å². The Morgan fingerprint density at radius 1 is 0.400 bits per heavy atom. The fraction of sp³-hybridized carbons (Fsp3) is 0.951. The molecule has 0 aromatic rings. The van der Waals surface area contributed by atoms with Crippen LogP contribution in [0.15, 0.2) is 12.3 Å². The van der Waals surface area contributed by atoms with Crippen LogP contribution in [0.4, 0.5) is 0 Å². The average Bonchev–Trinajstić information content (AvgIpc) is 3.05. The Morgan fingerprint density at radius 3 is 1.24 bits per heavy atom. The Labute approximate surface area is 283 Å². The molecule has 0 amide bonds. The molecule has 4 heteroatoms. The Balaban J connectivity index is 3.60. The van der Waals surface area contributed by atoms with Crippen LogP contribution < -0.4 is 0 Å². The molecule has 0 rings (SSSR count). The van der Waals surface area contributed by atoms with Gasteiger partial charge in [0.1, 0.15) is 0 Å². The van der Waals surface area contributed by atoms with Crippen molar-refractivity contribution in [3.05, 3.63) is 12.3 Å². The number of ether oxygens (including phenoxy) is 4. The van der Waals surface area contributed by atoms with E-state index in [1.165, 1.54) is 180 Å². The smallest absolute Gasteiger partial charge is 0.188 e. The maximum atomic E-state index is 6.21. The second-order valence-electron chi connectivity index (χ2n) is 13.5. The number of hydrogen-bond donors (Lipinski definition) is 0. The highest BCUT2D eigenvalue weighted by Crippen LogP contribution is 2.16. The Bertz CT molecular complexity index is 520. The summed E-state index contributed by atoms with van der Waals surface area (Å²) in [6, 6.07) is 0. The first kappa shape index (κ1) is 44.4. The van der Waals surface area contributed by atoms with E-state index >= 15 is 0 Å². The molecule has 0 aliphatic carbocycles. The molecule has 0 aliphatic rings. The molecule has 4 nitrogen and oxygen atoms in total. The number of unbranched alkanes of at least 4 members (excludes halogenated alkanes) is 26. The lowest BCUT2D eigenvalue weighted by Gasteiger charge is -2.19. The van der Waals surface area contributed by atoms with Crippen molar-refractivity contribution in [1.82, 2.24) is 0 Å². The van der Waals surface area contributed by atoms with E-state index in [2.05, 4.69) is 26.8 Å². The molecule has 0 aromatic carbocycles. The van der Waals surface area contributed by atoms with Gasteiger partial charge in [-0.3, -0.25) is 0 Å². The van der Waals surface area contributed by atoms with Crippen LogP contribution in [-0.4, -0.2) is 32.9 Å². The molecule has 0 radical (unpaired) electrons. The van der Waals surface area contributed by atoms with Gasteiger partial charge in [0.05, 0.1) is 12.9 Å². The van der Waals surface area contributed by atoms with Gasteiger partial charge >= 0.3 is 0 Å². The van der Waals surface area contributed by atoms with Gasteiger partial charge < -0.3 is 18.9 Å². The maximum Gasteiger partial charge on any atom is 0.188 e. The second-order valence-corrected chi connectivity index (χ2v) is 13.5. The summed E-state index contributed by atoms with van der Waals surface area (Å²) < 4.78 is 23.5. The van der Waals surface area contributed by atoms with Crippen molar-refractivity contribution in [2.45, 2.75) is 226 Å². The van der Waals surface area contributed by atoms with Gasteiger partial charge in [-0.2, -0.15) is 0 Å². The van der Waals surface area contributed by atoms with Crippen molar-refractivity contribution in [2.75, 3.05) is 26.6 Å². The molecule has 0 heterocycles. The molecule has 0 bridgehead atoms. The highest BCUT2D eigenvalue weighted by molar-refractivity contribution is 4.72. The minimum Gasteiger partial charge on any atom is -0.475 e. The quantitative estimate of drug-likeness (QED) is 0.0380. The SMILES string of the molecule is CCCCCCCCCCOCOC=CCCCCCCCCCCCC(OCCCCCCCC)OCCCCCCCC. The van der Waals surface area contributed by atoms with E-state index < -0.39 is 0 Å². The topological polar surface area (TPSA) is 36.9 Å². The van der Waals surface area contributed by atoms with Crippen molar-refractivity contribution in [3.8, 4) is 0 Å². The van der Waals surface area contributed by atoms with Crippen molar-refractivity contribution in [1.29, 1.82) is 0 Å². The molecule has 0 aliphatic heterocycles. The predicted molar refractivity (Wildman–Crippen MR) is 197 cm³/mol. The molecule has 0 atom stereocenters. The number of rotatable bonds is 40. The van der Waals surface area contributed by atoms with E-state index in [0.717, 1.165) is 39.1 Å². The summed E-state index contributed by atoms with van der Waals surface area (Å²) in [6.07, 6.45) is 44.6. The van der Waals surface area contributed by atoms with E-state index in [9.17, 15) is 0 Å². The monoisotopic (exact) mass is 639 g/mol. The highest BCUT2D eigenvalue weighted by atomic mass is 16.7. The predicted octanol–water partition coefficient (Wildman–Crippen LogP) is 14.0. The Hall–Kier alpha value is -0.580. The molecule has 0 unspecified atom stereocenters. The third-order valence-electron chi connectivity index (χ3n) is 8.90. The van der Waals surface area contributed by atoms with Crippen LogP contribution >= 0.6 is 0 Å². The van der Waals surface area contributed by atoms with Gasteiger partial charge in [-0.15, -0.1) is 0 Å². The summed E-state index contributed by atoms with van der Waals surface area (Å²) in [5, 5.41) is 0. The molecule has 0 saturated heterocycles. The lowest BCUT2D eigenvalue weighted by atomic mass is 10.1. The van der Waals surface area contributed by atoms with E-state index in [1.807, 2.05) is 6.26 Å². The van der Waals surface area contributed by atoms with Crippen LogP contribution in [-0.2, 0) is 18.9 Å². The number of hydrogen-bond acceptors (Lipinski definition) is 4. The summed E-state index contributed by atoms with van der Waals surface area (Å²) in [6.45, 7) is 9.79. The third-order valence-corrected chi connectivity index (χ3v) is 8.90. The van der Waals surface area contributed by atoms with Gasteiger partial charge in [0.25, 0.3) is 0 Å². The van der Waals surface area contributed by atoms with Gasteiger partial charge in [0, 0.05) is 13.2 Å². The molecule has 0 spiro atoms. The lowest BCUT2D eigenvalue weighted by Crippen LogP contribution is -2.19. The lowest BCUT2D eigenvalue weighted by molar-refractivity contribution is -0.148. The summed E-state index contributed by atoms with van der Waals surface area (Å²) in [5.74, 6) is 0. The van der Waals surface area contributed by atoms with Crippen molar-refractivity contribution >= 4 is 0 Å². The Morgan fingerprint density at radius 2 is 0.778 bits per heavy atom. The first-order chi connectivity index (χ1) is 22.3. The van der Waals surface area contributed by atoms with Gasteiger partial charge in [0.15, 0.2) is 13.1 Å². The molecular weight excluding hydrogens is 556 g/mol. The zero-order valence-electron chi connectivity index (χ0n) is 31.1.